The number of anilines is 2. The van der Waals surface area contributed by atoms with Gasteiger partial charge in [0.2, 0.25) is 0 Å². The van der Waals surface area contributed by atoms with Gasteiger partial charge in [0.15, 0.2) is 0 Å². The van der Waals surface area contributed by atoms with Crippen LogP contribution in [-0.2, 0) is 0 Å². The van der Waals surface area contributed by atoms with Crippen molar-refractivity contribution in [2.45, 2.75) is 13.8 Å². The second kappa shape index (κ2) is 8.71. The summed E-state index contributed by atoms with van der Waals surface area (Å²) in [6, 6.07) is 17.8. The van der Waals surface area contributed by atoms with Gasteiger partial charge in [-0.2, -0.15) is 0 Å². The molecule has 0 saturated heterocycles. The van der Waals surface area contributed by atoms with E-state index in [9.17, 15) is 9.59 Å². The number of hydrogen-bond donors (Lipinski definition) is 2. The van der Waals surface area contributed by atoms with Crippen LogP contribution in [-0.4, -0.2) is 11.8 Å². The third-order valence-corrected chi connectivity index (χ3v) is 6.02. The van der Waals surface area contributed by atoms with E-state index in [4.69, 9.17) is 0 Å². The number of rotatable bonds is 4. The normalized spacial score (nSPS) is 10.4. The molecular weight excluding hydrogens is 484 g/mol. The average molecular weight is 502 g/mol. The first kappa shape index (κ1) is 20.3. The molecule has 4 nitrogen and oxygen atoms in total. The lowest BCUT2D eigenvalue weighted by Crippen LogP contribution is -2.14. The number of carbonyl (C=O) groups excluding carboxylic acids is 2. The van der Waals surface area contributed by atoms with E-state index in [1.165, 1.54) is 0 Å². The minimum Gasteiger partial charge on any atom is -0.322 e. The molecular formula is C22H18Br2N2O2. The van der Waals surface area contributed by atoms with Gasteiger partial charge in [0.25, 0.3) is 11.8 Å². The Morgan fingerprint density at radius 3 is 1.32 bits per heavy atom. The highest BCUT2D eigenvalue weighted by Crippen LogP contribution is 2.22. The van der Waals surface area contributed by atoms with E-state index in [-0.39, 0.29) is 11.8 Å². The highest BCUT2D eigenvalue weighted by Gasteiger charge is 2.10. The molecule has 6 heteroatoms. The van der Waals surface area contributed by atoms with Crippen molar-refractivity contribution >= 4 is 55.0 Å². The summed E-state index contributed by atoms with van der Waals surface area (Å²) in [6.07, 6.45) is 0. The average Bonchev–Trinajstić information content (AvgIpc) is 2.67. The lowest BCUT2D eigenvalue weighted by Gasteiger charge is -2.09. The summed E-state index contributed by atoms with van der Waals surface area (Å²) in [7, 11) is 0. The Morgan fingerprint density at radius 1 is 0.643 bits per heavy atom. The maximum Gasteiger partial charge on any atom is 0.255 e. The van der Waals surface area contributed by atoms with Crippen molar-refractivity contribution in [2.24, 2.45) is 0 Å². The predicted octanol–water partition coefficient (Wildman–Crippen LogP) is 6.33. The molecule has 0 aliphatic carbocycles. The number of nitrogens with one attached hydrogen (secondary N) is 2. The van der Waals surface area contributed by atoms with Crippen molar-refractivity contribution in [3.05, 3.63) is 91.9 Å². The van der Waals surface area contributed by atoms with Crippen molar-refractivity contribution in [2.75, 3.05) is 10.6 Å². The molecule has 0 aliphatic rings. The Morgan fingerprint density at radius 2 is 1.00 bits per heavy atom. The molecule has 3 rings (SSSR count). The van der Waals surface area contributed by atoms with Gasteiger partial charge in [0, 0.05) is 31.4 Å². The summed E-state index contributed by atoms with van der Waals surface area (Å²) < 4.78 is 1.98. The molecule has 0 saturated carbocycles. The van der Waals surface area contributed by atoms with Crippen LogP contribution in [0.4, 0.5) is 11.4 Å². The largest absolute Gasteiger partial charge is 0.322 e. The fourth-order valence-electron chi connectivity index (χ4n) is 2.62. The van der Waals surface area contributed by atoms with Gasteiger partial charge in [-0.3, -0.25) is 9.59 Å². The van der Waals surface area contributed by atoms with Crippen LogP contribution in [0.25, 0.3) is 0 Å². The number of amides is 2. The smallest absolute Gasteiger partial charge is 0.255 e. The molecule has 142 valence electrons. The summed E-state index contributed by atoms with van der Waals surface area (Å²) in [5.41, 5.74) is 4.48. The standard InChI is InChI=1S/C22H18Br2N2O2/c1-13-11-17(7-9-19(13)23)25-21(27)15-3-5-16(6-4-15)22(28)26-18-8-10-20(24)14(2)12-18/h3-12H,1-2H3,(H,25,27)(H,26,28). The second-order valence-electron chi connectivity index (χ2n) is 6.41. The van der Waals surface area contributed by atoms with Crippen molar-refractivity contribution in [1.82, 2.24) is 0 Å². The molecule has 0 aliphatic heterocycles. The van der Waals surface area contributed by atoms with Crippen molar-refractivity contribution < 1.29 is 9.59 Å². The number of carbonyl (C=O) groups is 2. The Labute approximate surface area is 180 Å². The van der Waals surface area contributed by atoms with Gasteiger partial charge < -0.3 is 10.6 Å². The Kier molecular flexibility index (Phi) is 6.31. The first-order valence-corrected chi connectivity index (χ1v) is 10.2. The molecule has 0 atom stereocenters. The maximum absolute atomic E-state index is 12.4. The zero-order valence-corrected chi connectivity index (χ0v) is 18.5. The van der Waals surface area contributed by atoms with Crippen LogP contribution in [0.2, 0.25) is 0 Å². The topological polar surface area (TPSA) is 58.2 Å². The summed E-state index contributed by atoms with van der Waals surface area (Å²) in [5, 5.41) is 5.72. The number of hydrogen-bond acceptors (Lipinski definition) is 2. The first-order chi connectivity index (χ1) is 13.3. The molecule has 3 aromatic rings. The molecule has 0 unspecified atom stereocenters. The number of halogens is 2. The fraction of sp³-hybridized carbons (Fsp3) is 0.0909. The number of benzene rings is 3. The van der Waals surface area contributed by atoms with E-state index in [1.54, 1.807) is 24.3 Å². The van der Waals surface area contributed by atoms with Crippen LogP contribution in [0.1, 0.15) is 31.8 Å². The highest BCUT2D eigenvalue weighted by molar-refractivity contribution is 9.10. The lowest BCUT2D eigenvalue weighted by molar-refractivity contribution is 0.101. The van der Waals surface area contributed by atoms with Crippen molar-refractivity contribution in [3.63, 3.8) is 0 Å². The second-order valence-corrected chi connectivity index (χ2v) is 8.12. The third-order valence-electron chi connectivity index (χ3n) is 4.24. The third kappa shape index (κ3) is 4.88. The van der Waals surface area contributed by atoms with E-state index in [2.05, 4.69) is 42.5 Å². The van der Waals surface area contributed by atoms with Crippen LogP contribution in [0.15, 0.2) is 69.6 Å². The molecule has 0 spiro atoms. The Balaban J connectivity index is 1.67. The van der Waals surface area contributed by atoms with E-state index < -0.39 is 0 Å². The minimum atomic E-state index is -0.225. The summed E-state index contributed by atoms with van der Waals surface area (Å²) in [6.45, 7) is 3.92. The van der Waals surface area contributed by atoms with E-state index in [1.807, 2.05) is 50.2 Å². The zero-order valence-electron chi connectivity index (χ0n) is 15.3. The molecule has 28 heavy (non-hydrogen) atoms. The molecule has 0 bridgehead atoms. The predicted molar refractivity (Wildman–Crippen MR) is 120 cm³/mol. The Bertz CT molecular complexity index is 962. The summed E-state index contributed by atoms with van der Waals surface area (Å²) >= 11 is 6.88. The highest BCUT2D eigenvalue weighted by atomic mass is 79.9. The van der Waals surface area contributed by atoms with E-state index in [0.29, 0.717) is 11.1 Å². The molecule has 3 aromatic carbocycles. The van der Waals surface area contributed by atoms with Gasteiger partial charge >= 0.3 is 0 Å². The SMILES string of the molecule is Cc1cc(NC(=O)c2ccc(C(=O)Nc3ccc(Br)c(C)c3)cc2)ccc1Br. The quantitative estimate of drug-likeness (QED) is 0.438. The van der Waals surface area contributed by atoms with Gasteiger partial charge in [0.1, 0.15) is 0 Å². The molecule has 0 fully saturated rings. The molecule has 0 aromatic heterocycles. The van der Waals surface area contributed by atoms with Gasteiger partial charge in [-0.15, -0.1) is 0 Å². The lowest BCUT2D eigenvalue weighted by atomic mass is 10.1. The van der Waals surface area contributed by atoms with Crippen LogP contribution in [0, 0.1) is 13.8 Å². The van der Waals surface area contributed by atoms with Crippen LogP contribution in [0.3, 0.4) is 0 Å². The molecule has 0 radical (unpaired) electrons. The van der Waals surface area contributed by atoms with Gasteiger partial charge in [0.05, 0.1) is 0 Å². The van der Waals surface area contributed by atoms with Crippen LogP contribution >= 0.6 is 31.9 Å². The van der Waals surface area contributed by atoms with Crippen LogP contribution < -0.4 is 10.6 Å². The first-order valence-electron chi connectivity index (χ1n) is 8.58. The van der Waals surface area contributed by atoms with Gasteiger partial charge in [-0.05, 0) is 85.6 Å². The zero-order chi connectivity index (χ0) is 20.3. The van der Waals surface area contributed by atoms with Crippen LogP contribution in [0.5, 0.6) is 0 Å². The summed E-state index contributed by atoms with van der Waals surface area (Å²) in [5.74, 6) is -0.450. The molecule has 0 heterocycles. The molecule has 2 amide bonds. The fourth-order valence-corrected chi connectivity index (χ4v) is 3.12. The molecule has 2 N–H and O–H groups in total. The minimum absolute atomic E-state index is 0.225. The van der Waals surface area contributed by atoms with Gasteiger partial charge in [-0.1, -0.05) is 31.9 Å². The summed E-state index contributed by atoms with van der Waals surface area (Å²) in [4.78, 5) is 24.8. The van der Waals surface area contributed by atoms with E-state index in [0.717, 1.165) is 31.4 Å². The number of aryl methyl sites for hydroxylation is 2. The monoisotopic (exact) mass is 500 g/mol. The maximum atomic E-state index is 12.4. The van der Waals surface area contributed by atoms with E-state index >= 15 is 0 Å². The van der Waals surface area contributed by atoms with Crippen molar-refractivity contribution in [3.8, 4) is 0 Å². The van der Waals surface area contributed by atoms with Crippen molar-refractivity contribution in [1.29, 1.82) is 0 Å². The van der Waals surface area contributed by atoms with Gasteiger partial charge in [-0.25, -0.2) is 0 Å². The Hall–Kier alpha value is -2.44.